The van der Waals surface area contributed by atoms with Gasteiger partial charge < -0.3 is 9.47 Å². The Labute approximate surface area is 211 Å². The summed E-state index contributed by atoms with van der Waals surface area (Å²) >= 11 is 6.19. The van der Waals surface area contributed by atoms with E-state index in [2.05, 4.69) is 4.74 Å². The molecule has 188 valence electrons. The number of carbonyl (C=O) groups is 2. The highest BCUT2D eigenvalue weighted by Crippen LogP contribution is 2.30. The van der Waals surface area contributed by atoms with Gasteiger partial charge in [-0.3, -0.25) is 4.79 Å². The fraction of sp³-hybridized carbons (Fsp3) is 0.200. The maximum Gasteiger partial charge on any atom is 0.387 e. The SMILES string of the molecule is O=C(COC(=O)c1ccc(Cl)c(S(=O)(=O)N2CCc3ccccc3C2)c1)c1ccc(OC(F)F)cc1. The monoisotopic (exact) mass is 535 g/mol. The van der Waals surface area contributed by atoms with Crippen molar-refractivity contribution in [3.63, 3.8) is 0 Å². The summed E-state index contributed by atoms with van der Waals surface area (Å²) in [7, 11) is -4.02. The molecule has 0 saturated carbocycles. The average molecular weight is 536 g/mol. The molecule has 7 nitrogen and oxygen atoms in total. The van der Waals surface area contributed by atoms with Crippen LogP contribution in [0, 0.1) is 0 Å². The summed E-state index contributed by atoms with van der Waals surface area (Å²) in [6.07, 6.45) is 0.548. The van der Waals surface area contributed by atoms with Gasteiger partial charge >= 0.3 is 12.6 Å². The highest BCUT2D eigenvalue weighted by atomic mass is 35.5. The topological polar surface area (TPSA) is 90.0 Å². The second kappa shape index (κ2) is 10.7. The van der Waals surface area contributed by atoms with E-state index in [1.165, 1.54) is 40.7 Å². The molecule has 0 N–H and O–H groups in total. The van der Waals surface area contributed by atoms with Crippen molar-refractivity contribution in [2.75, 3.05) is 13.2 Å². The number of Topliss-reactive ketones (excluding diaryl/α,β-unsaturated/α-hetero) is 1. The Balaban J connectivity index is 1.45. The Hall–Kier alpha value is -3.34. The van der Waals surface area contributed by atoms with Crippen LogP contribution in [-0.4, -0.2) is 44.2 Å². The zero-order valence-electron chi connectivity index (χ0n) is 18.7. The molecule has 3 aromatic rings. The van der Waals surface area contributed by atoms with E-state index in [0.717, 1.165) is 17.2 Å². The predicted octanol–water partition coefficient (Wildman–Crippen LogP) is 4.73. The molecule has 0 unspecified atom stereocenters. The number of esters is 1. The van der Waals surface area contributed by atoms with Gasteiger partial charge in [0, 0.05) is 18.7 Å². The Bertz CT molecular complexity index is 1400. The van der Waals surface area contributed by atoms with Crippen molar-refractivity contribution in [3.05, 3.63) is 94.0 Å². The van der Waals surface area contributed by atoms with Gasteiger partial charge in [-0.2, -0.15) is 13.1 Å². The first-order valence-electron chi connectivity index (χ1n) is 10.8. The Kier molecular flexibility index (Phi) is 7.67. The van der Waals surface area contributed by atoms with Crippen molar-refractivity contribution < 1.29 is 36.3 Å². The molecule has 0 amide bonds. The van der Waals surface area contributed by atoms with Crippen molar-refractivity contribution >= 4 is 33.4 Å². The first-order valence-corrected chi connectivity index (χ1v) is 12.6. The molecule has 0 aliphatic carbocycles. The van der Waals surface area contributed by atoms with Crippen LogP contribution in [0.5, 0.6) is 5.75 Å². The summed E-state index contributed by atoms with van der Waals surface area (Å²) in [5.74, 6) is -1.62. The number of halogens is 3. The molecule has 36 heavy (non-hydrogen) atoms. The van der Waals surface area contributed by atoms with Crippen molar-refractivity contribution in [1.29, 1.82) is 0 Å². The molecule has 0 spiro atoms. The standard InChI is InChI=1S/C25H20ClF2NO6S/c26-21-10-7-18(24(31)34-15-22(30)17-5-8-20(9-6-17)35-25(27)28)13-23(21)36(32,33)29-12-11-16-3-1-2-4-19(16)14-29/h1-10,13,25H,11-12,14-15H2. The molecule has 0 bridgehead atoms. The molecular weight excluding hydrogens is 516 g/mol. The lowest BCUT2D eigenvalue weighted by molar-refractivity contribution is -0.0498. The van der Waals surface area contributed by atoms with Gasteiger partial charge in [0.05, 0.1) is 10.6 Å². The van der Waals surface area contributed by atoms with E-state index in [0.29, 0.717) is 6.42 Å². The summed E-state index contributed by atoms with van der Waals surface area (Å²) in [6, 6.07) is 16.2. The number of ketones is 1. The van der Waals surface area contributed by atoms with E-state index in [1.807, 2.05) is 24.3 Å². The Morgan fingerprint density at radius 2 is 1.64 bits per heavy atom. The summed E-state index contributed by atoms with van der Waals surface area (Å²) in [4.78, 5) is 24.6. The van der Waals surface area contributed by atoms with Crippen LogP contribution in [0.4, 0.5) is 8.78 Å². The Morgan fingerprint density at radius 1 is 0.972 bits per heavy atom. The van der Waals surface area contributed by atoms with Crippen LogP contribution < -0.4 is 4.74 Å². The zero-order chi connectivity index (χ0) is 25.9. The number of carbonyl (C=O) groups excluding carboxylic acids is 2. The second-order valence-corrected chi connectivity index (χ2v) is 10.2. The lowest BCUT2D eigenvalue weighted by atomic mass is 10.0. The smallest absolute Gasteiger partial charge is 0.387 e. The van der Waals surface area contributed by atoms with Gasteiger partial charge in [0.1, 0.15) is 10.6 Å². The van der Waals surface area contributed by atoms with Gasteiger partial charge in [-0.1, -0.05) is 35.9 Å². The zero-order valence-corrected chi connectivity index (χ0v) is 20.3. The third kappa shape index (κ3) is 5.72. The quantitative estimate of drug-likeness (QED) is 0.306. The van der Waals surface area contributed by atoms with E-state index in [1.54, 1.807) is 0 Å². The maximum atomic E-state index is 13.3. The highest BCUT2D eigenvalue weighted by molar-refractivity contribution is 7.89. The lowest BCUT2D eigenvalue weighted by Crippen LogP contribution is -2.36. The van der Waals surface area contributed by atoms with Gasteiger partial charge in [-0.25, -0.2) is 13.2 Å². The molecule has 1 aliphatic rings. The molecule has 1 heterocycles. The second-order valence-electron chi connectivity index (χ2n) is 7.90. The molecule has 1 aliphatic heterocycles. The van der Waals surface area contributed by atoms with Crippen molar-refractivity contribution in [2.24, 2.45) is 0 Å². The van der Waals surface area contributed by atoms with E-state index >= 15 is 0 Å². The summed E-state index contributed by atoms with van der Waals surface area (Å²) in [5.41, 5.74) is 2.00. The van der Waals surface area contributed by atoms with Crippen LogP contribution in [0.1, 0.15) is 31.8 Å². The van der Waals surface area contributed by atoms with Gasteiger partial charge in [-0.15, -0.1) is 0 Å². The molecule has 0 atom stereocenters. The van der Waals surface area contributed by atoms with E-state index in [-0.39, 0.29) is 39.9 Å². The fourth-order valence-electron chi connectivity index (χ4n) is 3.76. The van der Waals surface area contributed by atoms with Crippen LogP contribution in [0.15, 0.2) is 71.6 Å². The van der Waals surface area contributed by atoms with Crippen LogP contribution in [-0.2, 0) is 27.7 Å². The number of hydrogen-bond acceptors (Lipinski definition) is 6. The molecule has 0 aromatic heterocycles. The predicted molar refractivity (Wildman–Crippen MR) is 127 cm³/mol. The number of hydrogen-bond donors (Lipinski definition) is 0. The molecule has 0 radical (unpaired) electrons. The summed E-state index contributed by atoms with van der Waals surface area (Å²) in [6.45, 7) is -3.19. The summed E-state index contributed by atoms with van der Waals surface area (Å²) in [5, 5.41) is -0.0485. The lowest BCUT2D eigenvalue weighted by Gasteiger charge is -2.28. The molecular formula is C25H20ClF2NO6S. The minimum Gasteiger partial charge on any atom is -0.454 e. The van der Waals surface area contributed by atoms with Crippen molar-refractivity contribution in [1.82, 2.24) is 4.31 Å². The first-order chi connectivity index (χ1) is 17.1. The van der Waals surface area contributed by atoms with Crippen LogP contribution in [0.25, 0.3) is 0 Å². The third-order valence-electron chi connectivity index (χ3n) is 5.62. The number of nitrogens with zero attached hydrogens (tertiary/aromatic N) is 1. The summed E-state index contributed by atoms with van der Waals surface area (Å²) < 4.78 is 61.7. The van der Waals surface area contributed by atoms with Gasteiger partial charge in [0.15, 0.2) is 12.4 Å². The van der Waals surface area contributed by atoms with Crippen molar-refractivity contribution in [3.8, 4) is 5.75 Å². The van der Waals surface area contributed by atoms with Gasteiger partial charge in [0.2, 0.25) is 10.0 Å². The largest absolute Gasteiger partial charge is 0.454 e. The van der Waals surface area contributed by atoms with Crippen molar-refractivity contribution in [2.45, 2.75) is 24.5 Å². The van der Waals surface area contributed by atoms with Gasteiger partial charge in [0.25, 0.3) is 0 Å². The third-order valence-corrected chi connectivity index (χ3v) is 7.94. The number of rotatable bonds is 8. The molecule has 4 rings (SSSR count). The van der Waals surface area contributed by atoms with E-state index in [9.17, 15) is 26.8 Å². The number of ether oxygens (including phenoxy) is 2. The van der Waals surface area contributed by atoms with E-state index in [4.69, 9.17) is 16.3 Å². The first kappa shape index (κ1) is 25.7. The highest BCUT2D eigenvalue weighted by Gasteiger charge is 2.30. The van der Waals surface area contributed by atoms with Crippen LogP contribution >= 0.6 is 11.6 Å². The molecule has 3 aromatic carbocycles. The number of benzene rings is 3. The maximum absolute atomic E-state index is 13.3. The number of sulfonamides is 1. The fourth-order valence-corrected chi connectivity index (χ4v) is 5.68. The van der Waals surface area contributed by atoms with Crippen LogP contribution in [0.3, 0.4) is 0 Å². The number of alkyl halides is 2. The minimum atomic E-state index is -4.02. The molecule has 0 saturated heterocycles. The number of fused-ring (bicyclic) bond motifs is 1. The van der Waals surface area contributed by atoms with Gasteiger partial charge in [-0.05, 0) is 60.0 Å². The minimum absolute atomic E-state index is 0.0485. The Morgan fingerprint density at radius 3 is 2.33 bits per heavy atom. The molecule has 0 fully saturated rings. The van der Waals surface area contributed by atoms with Crippen LogP contribution in [0.2, 0.25) is 5.02 Å². The molecule has 11 heteroatoms. The average Bonchev–Trinajstić information content (AvgIpc) is 2.87. The normalized spacial score (nSPS) is 13.8. The van der Waals surface area contributed by atoms with E-state index < -0.39 is 35.0 Å².